The molecule has 0 unspecified atom stereocenters. The summed E-state index contributed by atoms with van der Waals surface area (Å²) in [4.78, 5) is 5.20. The molecule has 1 nitrogen and oxygen atoms in total. The van der Waals surface area contributed by atoms with E-state index in [9.17, 15) is 13.2 Å². The number of hydrogen-bond acceptors (Lipinski definition) is 2. The van der Waals surface area contributed by atoms with Gasteiger partial charge in [-0.3, -0.25) is 4.98 Å². The molecule has 0 saturated carbocycles. The summed E-state index contributed by atoms with van der Waals surface area (Å²) in [5.74, 6) is 0. The number of aryl methyl sites for hydroxylation is 1. The molecule has 5 heteroatoms. The van der Waals surface area contributed by atoms with Crippen LogP contribution in [0.2, 0.25) is 0 Å². The van der Waals surface area contributed by atoms with Crippen molar-refractivity contribution in [3.05, 3.63) is 74.7 Å². The van der Waals surface area contributed by atoms with Gasteiger partial charge in [-0.15, -0.1) is 11.3 Å². The Morgan fingerprint density at radius 2 is 1.59 bits per heavy atom. The molecule has 32 heavy (non-hydrogen) atoms. The number of benzene rings is 2. The van der Waals surface area contributed by atoms with Crippen LogP contribution in [0.25, 0.3) is 11.1 Å². The Bertz CT molecular complexity index is 1120. The molecule has 0 bridgehead atoms. The lowest BCUT2D eigenvalue weighted by Crippen LogP contribution is -2.34. The van der Waals surface area contributed by atoms with Gasteiger partial charge in [0.1, 0.15) is 0 Å². The minimum atomic E-state index is -4.43. The topological polar surface area (TPSA) is 12.9 Å². The lowest BCUT2D eigenvalue weighted by atomic mass is 9.62. The first-order chi connectivity index (χ1) is 14.9. The van der Waals surface area contributed by atoms with Gasteiger partial charge in [-0.25, -0.2) is 0 Å². The van der Waals surface area contributed by atoms with E-state index < -0.39 is 11.7 Å². The van der Waals surface area contributed by atoms with Crippen molar-refractivity contribution in [2.75, 3.05) is 0 Å². The number of hydrogen-bond donors (Lipinski definition) is 0. The Balaban J connectivity index is 2.04. The summed E-state index contributed by atoms with van der Waals surface area (Å²) in [6.07, 6.45) is 0.472. The second kappa shape index (κ2) is 8.02. The van der Waals surface area contributed by atoms with Crippen molar-refractivity contribution in [3.63, 3.8) is 0 Å². The first-order valence-electron chi connectivity index (χ1n) is 11.2. The van der Waals surface area contributed by atoms with Crippen LogP contribution in [0.5, 0.6) is 0 Å². The van der Waals surface area contributed by atoms with Crippen molar-refractivity contribution >= 4 is 11.3 Å². The first-order valence-corrected chi connectivity index (χ1v) is 12.1. The molecule has 1 heterocycles. The monoisotopic (exact) mass is 457 g/mol. The van der Waals surface area contributed by atoms with Crippen molar-refractivity contribution < 1.29 is 13.2 Å². The molecule has 170 valence electrons. The summed E-state index contributed by atoms with van der Waals surface area (Å²) in [5, 5.41) is 0. The van der Waals surface area contributed by atoms with E-state index in [1.807, 2.05) is 31.2 Å². The predicted octanol–water partition coefficient (Wildman–Crippen LogP) is 8.33. The molecule has 1 aliphatic carbocycles. The van der Waals surface area contributed by atoms with Gasteiger partial charge in [-0.2, -0.15) is 13.2 Å². The predicted molar refractivity (Wildman–Crippen MR) is 126 cm³/mol. The van der Waals surface area contributed by atoms with E-state index in [1.54, 1.807) is 11.7 Å². The molecule has 0 spiro atoms. The second-order valence-corrected chi connectivity index (χ2v) is 11.1. The molecule has 0 amide bonds. The van der Waals surface area contributed by atoms with Gasteiger partial charge in [-0.1, -0.05) is 52.8 Å². The SMILES string of the molecule is CCc1cccc(Cc2cncs2)c1-c1cc2c(cc1C(F)(F)F)C(C)(C)CCC2(C)C. The van der Waals surface area contributed by atoms with Gasteiger partial charge >= 0.3 is 6.18 Å². The first kappa shape index (κ1) is 23.0. The largest absolute Gasteiger partial charge is 0.417 e. The number of thiazole rings is 1. The molecule has 4 rings (SSSR count). The average Bonchev–Trinajstić information content (AvgIpc) is 3.23. The molecule has 2 aromatic carbocycles. The summed E-state index contributed by atoms with van der Waals surface area (Å²) in [5.41, 5.74) is 5.61. The van der Waals surface area contributed by atoms with Crippen molar-refractivity contribution in [1.82, 2.24) is 4.98 Å². The smallest absolute Gasteiger partial charge is 0.253 e. The molecular weight excluding hydrogens is 427 g/mol. The molecule has 0 aliphatic heterocycles. The zero-order chi connectivity index (χ0) is 23.3. The fraction of sp³-hybridized carbons (Fsp3) is 0.444. The molecule has 0 radical (unpaired) electrons. The van der Waals surface area contributed by atoms with Crippen LogP contribution in [-0.2, 0) is 29.8 Å². The van der Waals surface area contributed by atoms with Crippen LogP contribution in [0.3, 0.4) is 0 Å². The van der Waals surface area contributed by atoms with Crippen LogP contribution < -0.4 is 0 Å². The zero-order valence-electron chi connectivity index (χ0n) is 19.4. The summed E-state index contributed by atoms with van der Waals surface area (Å²) in [6, 6.07) is 9.19. The Kier molecular flexibility index (Phi) is 5.77. The third kappa shape index (κ3) is 4.12. The summed E-state index contributed by atoms with van der Waals surface area (Å²) in [6.45, 7) is 10.4. The molecule has 0 saturated heterocycles. The fourth-order valence-electron chi connectivity index (χ4n) is 5.01. The van der Waals surface area contributed by atoms with Gasteiger partial charge in [0.25, 0.3) is 0 Å². The van der Waals surface area contributed by atoms with Crippen molar-refractivity contribution in [2.45, 2.75) is 77.3 Å². The van der Waals surface area contributed by atoms with E-state index in [0.717, 1.165) is 45.5 Å². The Labute approximate surface area is 192 Å². The van der Waals surface area contributed by atoms with E-state index in [2.05, 4.69) is 32.7 Å². The number of alkyl halides is 3. The van der Waals surface area contributed by atoms with Gasteiger partial charge in [-0.05, 0) is 75.6 Å². The van der Waals surface area contributed by atoms with E-state index in [4.69, 9.17) is 0 Å². The Hall–Kier alpha value is -2.14. The second-order valence-electron chi connectivity index (χ2n) is 10.2. The minimum absolute atomic E-state index is 0.164. The molecule has 0 atom stereocenters. The molecule has 3 aromatic rings. The number of rotatable bonds is 4. The van der Waals surface area contributed by atoms with Gasteiger partial charge in [0, 0.05) is 17.5 Å². The summed E-state index contributed by atoms with van der Waals surface area (Å²) >= 11 is 1.53. The number of aromatic nitrogens is 1. The zero-order valence-corrected chi connectivity index (χ0v) is 20.2. The highest BCUT2D eigenvalue weighted by Gasteiger charge is 2.42. The summed E-state index contributed by atoms with van der Waals surface area (Å²) < 4.78 is 43.5. The maximum absolute atomic E-state index is 14.5. The maximum Gasteiger partial charge on any atom is 0.417 e. The number of fused-ring (bicyclic) bond motifs is 1. The highest BCUT2D eigenvalue weighted by Crippen LogP contribution is 2.50. The van der Waals surface area contributed by atoms with Gasteiger partial charge < -0.3 is 0 Å². The van der Waals surface area contributed by atoms with Crippen molar-refractivity contribution in [2.24, 2.45) is 0 Å². The Morgan fingerprint density at radius 3 is 2.16 bits per heavy atom. The van der Waals surface area contributed by atoms with Gasteiger partial charge in [0.2, 0.25) is 0 Å². The maximum atomic E-state index is 14.5. The van der Waals surface area contributed by atoms with Crippen LogP contribution in [0.4, 0.5) is 13.2 Å². The third-order valence-electron chi connectivity index (χ3n) is 7.03. The van der Waals surface area contributed by atoms with Crippen LogP contribution >= 0.6 is 11.3 Å². The van der Waals surface area contributed by atoms with Gasteiger partial charge in [0.15, 0.2) is 0 Å². The van der Waals surface area contributed by atoms with Crippen molar-refractivity contribution in [1.29, 1.82) is 0 Å². The highest BCUT2D eigenvalue weighted by atomic mass is 32.1. The van der Waals surface area contributed by atoms with Crippen LogP contribution in [-0.4, -0.2) is 4.98 Å². The van der Waals surface area contributed by atoms with Crippen LogP contribution in [0, 0.1) is 0 Å². The van der Waals surface area contributed by atoms with Crippen molar-refractivity contribution in [3.8, 4) is 11.1 Å². The van der Waals surface area contributed by atoms with Gasteiger partial charge in [0.05, 0.1) is 11.1 Å². The van der Waals surface area contributed by atoms with E-state index in [1.165, 1.54) is 17.4 Å². The molecule has 0 N–H and O–H groups in total. The lowest BCUT2D eigenvalue weighted by Gasteiger charge is -2.42. The van der Waals surface area contributed by atoms with Crippen LogP contribution in [0.1, 0.15) is 80.2 Å². The quantitative estimate of drug-likeness (QED) is 0.384. The minimum Gasteiger partial charge on any atom is -0.253 e. The Morgan fingerprint density at radius 1 is 0.969 bits per heavy atom. The van der Waals surface area contributed by atoms with Crippen LogP contribution in [0.15, 0.2) is 42.0 Å². The van der Waals surface area contributed by atoms with E-state index in [0.29, 0.717) is 18.4 Å². The lowest BCUT2D eigenvalue weighted by molar-refractivity contribution is -0.137. The standard InChI is InChI=1S/C27H30F3NS/c1-6-17-8-7-9-18(12-19-15-31-16-32-19)24(17)20-13-22-23(14-21(20)27(28,29)30)26(4,5)11-10-25(22,2)3/h7-9,13-16H,6,10-12H2,1-5H3. The molecular formula is C27H30F3NS. The number of halogens is 3. The normalized spacial score (nSPS) is 17.2. The highest BCUT2D eigenvalue weighted by molar-refractivity contribution is 7.09. The molecule has 1 aliphatic rings. The molecule has 1 aromatic heterocycles. The summed E-state index contributed by atoms with van der Waals surface area (Å²) in [7, 11) is 0. The average molecular weight is 458 g/mol. The number of nitrogens with zero attached hydrogens (tertiary/aromatic N) is 1. The third-order valence-corrected chi connectivity index (χ3v) is 7.81. The fourth-order valence-corrected chi connectivity index (χ4v) is 5.63. The molecule has 0 fully saturated rings. The van der Waals surface area contributed by atoms with E-state index >= 15 is 0 Å². The van der Waals surface area contributed by atoms with E-state index in [-0.39, 0.29) is 10.8 Å².